The average Bonchev–Trinajstić information content (AvgIpc) is 2.83. The molecular formula is C17H31N3O. The second kappa shape index (κ2) is 6.95. The Balaban J connectivity index is 1.90. The minimum atomic E-state index is 0.116. The molecule has 0 aliphatic carbocycles. The Morgan fingerprint density at radius 3 is 2.71 bits per heavy atom. The minimum absolute atomic E-state index is 0.116. The molecule has 0 aromatic carbocycles. The molecule has 4 nitrogen and oxygen atoms in total. The molecule has 1 fully saturated rings. The van der Waals surface area contributed by atoms with Gasteiger partial charge in [0.15, 0.2) is 0 Å². The van der Waals surface area contributed by atoms with E-state index in [0.29, 0.717) is 6.04 Å². The average molecular weight is 293 g/mol. The molecule has 1 atom stereocenters. The number of piperazine rings is 1. The van der Waals surface area contributed by atoms with Crippen LogP contribution in [-0.4, -0.2) is 47.6 Å². The Labute approximate surface area is 129 Å². The van der Waals surface area contributed by atoms with E-state index in [-0.39, 0.29) is 5.54 Å². The lowest BCUT2D eigenvalue weighted by atomic mass is 10.1. The molecule has 1 unspecified atom stereocenters. The SMILES string of the molecule is CCN1CCN(Cc2ccoc2CNC(C)(C)C)CC1C. The zero-order valence-corrected chi connectivity index (χ0v) is 14.3. The molecular weight excluding hydrogens is 262 g/mol. The van der Waals surface area contributed by atoms with Crippen LogP contribution < -0.4 is 5.32 Å². The lowest BCUT2D eigenvalue weighted by molar-refractivity contribution is 0.0830. The number of nitrogens with one attached hydrogen (secondary N) is 1. The lowest BCUT2D eigenvalue weighted by Gasteiger charge is -2.39. The van der Waals surface area contributed by atoms with Crippen molar-refractivity contribution in [2.45, 2.75) is 59.3 Å². The zero-order chi connectivity index (χ0) is 15.5. The number of nitrogens with zero attached hydrogens (tertiary/aromatic N) is 2. The Kier molecular flexibility index (Phi) is 5.47. The summed E-state index contributed by atoms with van der Waals surface area (Å²) in [6.07, 6.45) is 1.82. The van der Waals surface area contributed by atoms with Gasteiger partial charge in [-0.2, -0.15) is 0 Å². The minimum Gasteiger partial charge on any atom is -0.468 e. The van der Waals surface area contributed by atoms with Crippen LogP contribution in [0.25, 0.3) is 0 Å². The third kappa shape index (κ3) is 4.83. The van der Waals surface area contributed by atoms with E-state index in [1.165, 1.54) is 12.1 Å². The van der Waals surface area contributed by atoms with Gasteiger partial charge in [0.2, 0.25) is 0 Å². The Morgan fingerprint density at radius 2 is 2.10 bits per heavy atom. The summed E-state index contributed by atoms with van der Waals surface area (Å²) in [4.78, 5) is 5.09. The normalized spacial score (nSPS) is 21.9. The summed E-state index contributed by atoms with van der Waals surface area (Å²) in [5, 5.41) is 3.51. The van der Waals surface area contributed by atoms with Gasteiger partial charge in [-0.1, -0.05) is 6.92 Å². The fourth-order valence-corrected chi connectivity index (χ4v) is 2.93. The van der Waals surface area contributed by atoms with Gasteiger partial charge in [-0.05, 0) is 40.3 Å². The molecule has 0 saturated carbocycles. The van der Waals surface area contributed by atoms with Crippen molar-refractivity contribution in [2.24, 2.45) is 0 Å². The number of likely N-dealkylation sites (N-methyl/N-ethyl adjacent to an activating group) is 1. The fourth-order valence-electron chi connectivity index (χ4n) is 2.93. The number of rotatable bonds is 5. The van der Waals surface area contributed by atoms with Crippen molar-refractivity contribution < 1.29 is 4.42 Å². The van der Waals surface area contributed by atoms with E-state index in [4.69, 9.17) is 4.42 Å². The van der Waals surface area contributed by atoms with E-state index in [2.05, 4.69) is 55.8 Å². The van der Waals surface area contributed by atoms with Crippen LogP contribution in [0, 0.1) is 0 Å². The highest BCUT2D eigenvalue weighted by molar-refractivity contribution is 5.17. The predicted molar refractivity (Wildman–Crippen MR) is 87.3 cm³/mol. The summed E-state index contributed by atoms with van der Waals surface area (Å²) in [7, 11) is 0. The van der Waals surface area contributed by atoms with Gasteiger partial charge in [0.05, 0.1) is 12.8 Å². The Morgan fingerprint density at radius 1 is 1.33 bits per heavy atom. The van der Waals surface area contributed by atoms with Gasteiger partial charge in [0, 0.05) is 43.3 Å². The second-order valence-electron chi connectivity index (χ2n) is 7.19. The van der Waals surface area contributed by atoms with Crippen LogP contribution in [0.3, 0.4) is 0 Å². The smallest absolute Gasteiger partial charge is 0.122 e. The van der Waals surface area contributed by atoms with E-state index in [1.54, 1.807) is 0 Å². The van der Waals surface area contributed by atoms with Gasteiger partial charge in [-0.25, -0.2) is 0 Å². The van der Waals surface area contributed by atoms with Crippen LogP contribution in [0.15, 0.2) is 16.7 Å². The van der Waals surface area contributed by atoms with E-state index in [1.807, 2.05) is 6.26 Å². The molecule has 1 saturated heterocycles. The first-order chi connectivity index (χ1) is 9.89. The first-order valence-electron chi connectivity index (χ1n) is 8.15. The standard InChI is InChI=1S/C17H31N3O/c1-6-20-9-8-19(12-14(20)2)13-15-7-10-21-16(15)11-18-17(3,4)5/h7,10,14,18H,6,8-9,11-13H2,1-5H3. The Bertz CT molecular complexity index is 435. The number of hydrogen-bond donors (Lipinski definition) is 1. The number of furan rings is 1. The molecule has 0 spiro atoms. The van der Waals surface area contributed by atoms with Crippen molar-refractivity contribution in [1.82, 2.24) is 15.1 Å². The third-order valence-corrected chi connectivity index (χ3v) is 4.27. The van der Waals surface area contributed by atoms with Crippen LogP contribution in [0.5, 0.6) is 0 Å². The molecule has 0 bridgehead atoms. The highest BCUT2D eigenvalue weighted by Crippen LogP contribution is 2.17. The largest absolute Gasteiger partial charge is 0.468 e. The molecule has 0 radical (unpaired) electrons. The molecule has 1 aromatic heterocycles. The molecule has 2 heterocycles. The highest BCUT2D eigenvalue weighted by Gasteiger charge is 2.23. The molecule has 1 aliphatic rings. The summed E-state index contributed by atoms with van der Waals surface area (Å²) in [6, 6.07) is 2.77. The van der Waals surface area contributed by atoms with Crippen molar-refractivity contribution >= 4 is 0 Å². The van der Waals surface area contributed by atoms with Crippen molar-refractivity contribution in [3.8, 4) is 0 Å². The van der Waals surface area contributed by atoms with Crippen molar-refractivity contribution in [3.05, 3.63) is 23.7 Å². The topological polar surface area (TPSA) is 31.6 Å². The summed E-state index contributed by atoms with van der Waals surface area (Å²) in [6.45, 7) is 17.5. The van der Waals surface area contributed by atoms with E-state index >= 15 is 0 Å². The predicted octanol–water partition coefficient (Wildman–Crippen LogP) is 2.69. The molecule has 1 aromatic rings. The van der Waals surface area contributed by atoms with Gasteiger partial charge >= 0.3 is 0 Å². The van der Waals surface area contributed by atoms with Crippen LogP contribution in [0.2, 0.25) is 0 Å². The van der Waals surface area contributed by atoms with Crippen LogP contribution in [-0.2, 0) is 13.1 Å². The van der Waals surface area contributed by atoms with Gasteiger partial charge in [0.25, 0.3) is 0 Å². The monoisotopic (exact) mass is 293 g/mol. The van der Waals surface area contributed by atoms with Crippen molar-refractivity contribution in [1.29, 1.82) is 0 Å². The summed E-state index contributed by atoms with van der Waals surface area (Å²) < 4.78 is 5.67. The fraction of sp³-hybridized carbons (Fsp3) is 0.765. The van der Waals surface area contributed by atoms with Gasteiger partial charge in [-0.3, -0.25) is 9.80 Å². The second-order valence-corrected chi connectivity index (χ2v) is 7.19. The first-order valence-corrected chi connectivity index (χ1v) is 8.15. The van der Waals surface area contributed by atoms with Crippen LogP contribution >= 0.6 is 0 Å². The maximum absolute atomic E-state index is 5.67. The van der Waals surface area contributed by atoms with Crippen molar-refractivity contribution in [2.75, 3.05) is 26.2 Å². The molecule has 21 heavy (non-hydrogen) atoms. The summed E-state index contributed by atoms with van der Waals surface area (Å²) >= 11 is 0. The highest BCUT2D eigenvalue weighted by atomic mass is 16.3. The molecule has 1 N–H and O–H groups in total. The molecule has 1 aliphatic heterocycles. The van der Waals surface area contributed by atoms with E-state index in [9.17, 15) is 0 Å². The lowest BCUT2D eigenvalue weighted by Crippen LogP contribution is -2.51. The maximum atomic E-state index is 5.67. The number of hydrogen-bond acceptors (Lipinski definition) is 4. The van der Waals surface area contributed by atoms with Gasteiger partial charge in [0.1, 0.15) is 5.76 Å². The van der Waals surface area contributed by atoms with Gasteiger partial charge in [-0.15, -0.1) is 0 Å². The van der Waals surface area contributed by atoms with Crippen LogP contribution in [0.1, 0.15) is 45.9 Å². The van der Waals surface area contributed by atoms with Crippen LogP contribution in [0.4, 0.5) is 0 Å². The third-order valence-electron chi connectivity index (χ3n) is 4.27. The zero-order valence-electron chi connectivity index (χ0n) is 14.3. The molecule has 2 rings (SSSR count). The first kappa shape index (κ1) is 16.5. The van der Waals surface area contributed by atoms with Gasteiger partial charge < -0.3 is 9.73 Å². The molecule has 120 valence electrons. The summed E-state index contributed by atoms with van der Waals surface area (Å²) in [5.74, 6) is 1.08. The maximum Gasteiger partial charge on any atom is 0.122 e. The summed E-state index contributed by atoms with van der Waals surface area (Å²) in [5.41, 5.74) is 1.44. The quantitative estimate of drug-likeness (QED) is 0.904. The van der Waals surface area contributed by atoms with E-state index < -0.39 is 0 Å². The molecule has 4 heteroatoms. The van der Waals surface area contributed by atoms with E-state index in [0.717, 1.165) is 38.5 Å². The molecule has 0 amide bonds. The Hall–Kier alpha value is -0.840. The van der Waals surface area contributed by atoms with Crippen molar-refractivity contribution in [3.63, 3.8) is 0 Å².